The molecule has 3 rings (SSSR count). The van der Waals surface area contributed by atoms with Crippen LogP contribution in [0.25, 0.3) is 0 Å². The highest BCUT2D eigenvalue weighted by atomic mass is 16.7. The van der Waals surface area contributed by atoms with Crippen molar-refractivity contribution < 1.29 is 23.8 Å². The molecule has 3 amide bonds. The van der Waals surface area contributed by atoms with E-state index in [1.807, 2.05) is 38.1 Å². The molecule has 8 heteroatoms. The van der Waals surface area contributed by atoms with Crippen molar-refractivity contribution in [2.45, 2.75) is 26.2 Å². The Bertz CT molecular complexity index is 898. The van der Waals surface area contributed by atoms with Crippen molar-refractivity contribution in [3.63, 3.8) is 0 Å². The average molecular weight is 413 g/mol. The van der Waals surface area contributed by atoms with Crippen LogP contribution < -0.4 is 20.3 Å². The number of primary amides is 1. The van der Waals surface area contributed by atoms with Gasteiger partial charge in [0, 0.05) is 24.5 Å². The number of methoxy groups -OCH3 is 1. The van der Waals surface area contributed by atoms with Gasteiger partial charge in [0.1, 0.15) is 11.8 Å². The molecule has 8 nitrogen and oxygen atoms in total. The summed E-state index contributed by atoms with van der Waals surface area (Å²) in [6.45, 7) is 4.83. The molecule has 0 saturated carbocycles. The summed E-state index contributed by atoms with van der Waals surface area (Å²) in [5, 5.41) is 0. The normalized spacial score (nSPS) is 15.4. The van der Waals surface area contributed by atoms with Crippen LogP contribution in [0.1, 0.15) is 25.5 Å². The monoisotopic (exact) mass is 413 g/mol. The van der Waals surface area contributed by atoms with Crippen LogP contribution in [-0.4, -0.2) is 45.1 Å². The molecule has 2 aromatic rings. The van der Waals surface area contributed by atoms with E-state index in [9.17, 15) is 9.59 Å². The van der Waals surface area contributed by atoms with E-state index in [0.29, 0.717) is 35.9 Å². The van der Waals surface area contributed by atoms with Gasteiger partial charge in [0.05, 0.1) is 19.3 Å². The van der Waals surface area contributed by atoms with Crippen molar-refractivity contribution >= 4 is 23.3 Å². The summed E-state index contributed by atoms with van der Waals surface area (Å²) < 4.78 is 16.7. The van der Waals surface area contributed by atoms with Gasteiger partial charge in [-0.3, -0.25) is 9.69 Å². The fraction of sp³-hybridized carbons (Fsp3) is 0.364. The maximum atomic E-state index is 13.5. The smallest absolute Gasteiger partial charge is 0.320 e. The summed E-state index contributed by atoms with van der Waals surface area (Å²) in [5.74, 6) is 0.159. The van der Waals surface area contributed by atoms with E-state index >= 15 is 0 Å². The Morgan fingerprint density at radius 1 is 1.10 bits per heavy atom. The predicted molar refractivity (Wildman–Crippen MR) is 114 cm³/mol. The second kappa shape index (κ2) is 9.60. The average Bonchev–Trinajstić information content (AvgIpc) is 3.01. The standard InChI is InChI=1S/C22H27N3O5/c1-4-29-19(30-5-2)14-24-16-11-7-6-10-15(16)20(21(24)26)25(22(23)27)17-12-8-9-13-18(17)28-3/h6-13,19-20H,4-5,14H2,1-3H3,(H2,23,27). The Morgan fingerprint density at radius 2 is 1.73 bits per heavy atom. The van der Waals surface area contributed by atoms with Gasteiger partial charge in [0.25, 0.3) is 5.91 Å². The molecule has 0 spiro atoms. The minimum Gasteiger partial charge on any atom is -0.495 e. The molecule has 0 saturated heterocycles. The number of hydrogen-bond donors (Lipinski definition) is 1. The van der Waals surface area contributed by atoms with Crippen molar-refractivity contribution in [1.82, 2.24) is 0 Å². The number of benzene rings is 2. The van der Waals surface area contributed by atoms with E-state index in [1.54, 1.807) is 29.2 Å². The van der Waals surface area contributed by atoms with Gasteiger partial charge in [0.2, 0.25) is 0 Å². The molecule has 30 heavy (non-hydrogen) atoms. The fourth-order valence-corrected chi connectivity index (χ4v) is 3.69. The van der Waals surface area contributed by atoms with Gasteiger partial charge < -0.3 is 24.8 Å². The largest absolute Gasteiger partial charge is 0.495 e. The zero-order valence-electron chi connectivity index (χ0n) is 17.4. The number of anilines is 2. The first kappa shape index (κ1) is 21.6. The van der Waals surface area contributed by atoms with Crippen LogP contribution in [0.3, 0.4) is 0 Å². The molecule has 1 aliphatic heterocycles. The maximum absolute atomic E-state index is 13.5. The van der Waals surface area contributed by atoms with Crippen LogP contribution in [0.15, 0.2) is 48.5 Å². The number of carbonyl (C=O) groups is 2. The molecule has 1 atom stereocenters. The number of para-hydroxylation sites is 3. The van der Waals surface area contributed by atoms with E-state index in [-0.39, 0.29) is 12.5 Å². The quantitative estimate of drug-likeness (QED) is 0.638. The van der Waals surface area contributed by atoms with Gasteiger partial charge in [-0.1, -0.05) is 30.3 Å². The van der Waals surface area contributed by atoms with Gasteiger partial charge in [-0.15, -0.1) is 0 Å². The molecule has 1 unspecified atom stereocenters. The number of amides is 3. The van der Waals surface area contributed by atoms with Gasteiger partial charge in [0.15, 0.2) is 6.29 Å². The summed E-state index contributed by atoms with van der Waals surface area (Å²) >= 11 is 0. The van der Waals surface area contributed by atoms with Crippen molar-refractivity contribution in [2.24, 2.45) is 5.73 Å². The van der Waals surface area contributed by atoms with Crippen LogP contribution in [0.5, 0.6) is 5.75 Å². The van der Waals surface area contributed by atoms with Crippen LogP contribution >= 0.6 is 0 Å². The molecule has 1 heterocycles. The Morgan fingerprint density at radius 3 is 2.37 bits per heavy atom. The van der Waals surface area contributed by atoms with Crippen LogP contribution in [0, 0.1) is 0 Å². The molecule has 0 fully saturated rings. The Kier molecular flexibility index (Phi) is 6.91. The molecular formula is C22H27N3O5. The molecular weight excluding hydrogens is 386 g/mol. The third-order valence-corrected chi connectivity index (χ3v) is 4.90. The Balaban J connectivity index is 2.04. The molecule has 0 aliphatic carbocycles. The number of carbonyl (C=O) groups excluding carboxylic acids is 2. The lowest BCUT2D eigenvalue weighted by Crippen LogP contribution is -2.46. The van der Waals surface area contributed by atoms with E-state index in [2.05, 4.69) is 0 Å². The molecule has 1 aliphatic rings. The topological polar surface area (TPSA) is 94.3 Å². The maximum Gasteiger partial charge on any atom is 0.320 e. The van der Waals surface area contributed by atoms with Crippen molar-refractivity contribution in [3.8, 4) is 5.75 Å². The third kappa shape index (κ3) is 4.10. The first-order valence-corrected chi connectivity index (χ1v) is 9.88. The lowest BCUT2D eigenvalue weighted by molar-refractivity contribution is -0.135. The van der Waals surface area contributed by atoms with Crippen molar-refractivity contribution in [2.75, 3.05) is 36.7 Å². The zero-order chi connectivity index (χ0) is 21.7. The van der Waals surface area contributed by atoms with Crippen LogP contribution in [0.4, 0.5) is 16.2 Å². The van der Waals surface area contributed by atoms with Crippen molar-refractivity contribution in [3.05, 3.63) is 54.1 Å². The van der Waals surface area contributed by atoms with Gasteiger partial charge >= 0.3 is 6.03 Å². The summed E-state index contributed by atoms with van der Waals surface area (Å²) in [6.07, 6.45) is -0.580. The molecule has 2 N–H and O–H groups in total. The van der Waals surface area contributed by atoms with Crippen LogP contribution in [-0.2, 0) is 14.3 Å². The highest BCUT2D eigenvalue weighted by Crippen LogP contribution is 2.43. The number of fused-ring (bicyclic) bond motifs is 1. The summed E-state index contributed by atoms with van der Waals surface area (Å²) in [5.41, 5.74) is 7.54. The number of ether oxygens (including phenoxy) is 3. The first-order chi connectivity index (χ1) is 14.5. The zero-order valence-corrected chi connectivity index (χ0v) is 17.4. The fourth-order valence-electron chi connectivity index (χ4n) is 3.69. The number of hydrogen-bond acceptors (Lipinski definition) is 5. The number of rotatable bonds is 9. The van der Waals surface area contributed by atoms with E-state index < -0.39 is 18.4 Å². The minimum absolute atomic E-state index is 0.201. The first-order valence-electron chi connectivity index (χ1n) is 9.88. The summed E-state index contributed by atoms with van der Waals surface area (Å²) in [6, 6.07) is 12.6. The molecule has 0 aromatic heterocycles. The van der Waals surface area contributed by atoms with Crippen molar-refractivity contribution in [1.29, 1.82) is 0 Å². The van der Waals surface area contributed by atoms with Gasteiger partial charge in [-0.25, -0.2) is 4.79 Å². The lowest BCUT2D eigenvalue weighted by Gasteiger charge is -2.29. The molecule has 0 bridgehead atoms. The van der Waals surface area contributed by atoms with Gasteiger partial charge in [-0.05, 0) is 32.0 Å². The molecule has 160 valence electrons. The second-order valence-corrected chi connectivity index (χ2v) is 6.63. The third-order valence-electron chi connectivity index (χ3n) is 4.90. The van der Waals surface area contributed by atoms with E-state index in [0.717, 1.165) is 0 Å². The minimum atomic E-state index is -0.918. The van der Waals surface area contributed by atoms with Gasteiger partial charge in [-0.2, -0.15) is 0 Å². The second-order valence-electron chi connectivity index (χ2n) is 6.63. The van der Waals surface area contributed by atoms with E-state index in [1.165, 1.54) is 12.0 Å². The Labute approximate surface area is 176 Å². The predicted octanol–water partition coefficient (Wildman–Crippen LogP) is 3.07. The highest BCUT2D eigenvalue weighted by Gasteiger charge is 2.44. The number of nitrogens with two attached hydrogens (primary N) is 1. The molecule has 0 radical (unpaired) electrons. The van der Waals surface area contributed by atoms with Crippen LogP contribution in [0.2, 0.25) is 0 Å². The Hall–Kier alpha value is -3.10. The highest BCUT2D eigenvalue weighted by molar-refractivity contribution is 6.11. The summed E-state index contributed by atoms with van der Waals surface area (Å²) in [4.78, 5) is 28.9. The summed E-state index contributed by atoms with van der Waals surface area (Å²) in [7, 11) is 1.50. The SMILES string of the molecule is CCOC(CN1C(=O)C(N(C(N)=O)c2ccccc2OC)c2ccccc21)OCC. The van der Waals surface area contributed by atoms with E-state index in [4.69, 9.17) is 19.9 Å². The number of nitrogens with zero attached hydrogens (tertiary/aromatic N) is 2. The lowest BCUT2D eigenvalue weighted by atomic mass is 10.1. The number of urea groups is 1. The molecule has 2 aromatic carbocycles.